The van der Waals surface area contributed by atoms with Crippen LogP contribution >= 0.6 is 11.8 Å². The third-order valence-corrected chi connectivity index (χ3v) is 6.57. The zero-order chi connectivity index (χ0) is 24.8. The number of amides is 4. The number of aromatic carboxylic acids is 1. The Bertz CT molecular complexity index is 1110. The van der Waals surface area contributed by atoms with Gasteiger partial charge in [0.05, 0.1) is 23.6 Å². The summed E-state index contributed by atoms with van der Waals surface area (Å²) in [5.41, 5.74) is 6.45. The summed E-state index contributed by atoms with van der Waals surface area (Å²) in [6.45, 7) is 1.47. The highest BCUT2D eigenvalue weighted by Crippen LogP contribution is 2.33. The number of nitrogens with zero attached hydrogens (tertiary/aromatic N) is 1. The van der Waals surface area contributed by atoms with Gasteiger partial charge in [0.15, 0.2) is 0 Å². The molecule has 1 aliphatic rings. The average Bonchev–Trinajstić information content (AvgIpc) is 2.96. The number of rotatable bonds is 7. The molecule has 11 heteroatoms. The van der Waals surface area contributed by atoms with Crippen LogP contribution in [0.2, 0.25) is 0 Å². The SMILES string of the molecule is CCC(NC(=O)N1CC(=O)NCC(Sc2ccccc2OC)C1=O)c1ccc(C(=O)O)c(N)c1. The van der Waals surface area contributed by atoms with E-state index in [-0.39, 0.29) is 17.8 Å². The molecule has 0 saturated carbocycles. The van der Waals surface area contributed by atoms with Gasteiger partial charge < -0.3 is 26.2 Å². The van der Waals surface area contributed by atoms with Gasteiger partial charge in [-0.3, -0.25) is 14.5 Å². The molecule has 180 valence electrons. The van der Waals surface area contributed by atoms with Crippen LogP contribution in [0, 0.1) is 0 Å². The van der Waals surface area contributed by atoms with Crippen molar-refractivity contribution in [3.8, 4) is 5.75 Å². The number of benzene rings is 2. The summed E-state index contributed by atoms with van der Waals surface area (Å²) in [7, 11) is 1.52. The van der Waals surface area contributed by atoms with E-state index in [0.29, 0.717) is 22.6 Å². The topological polar surface area (TPSA) is 151 Å². The van der Waals surface area contributed by atoms with Crippen molar-refractivity contribution in [2.24, 2.45) is 0 Å². The fraction of sp³-hybridized carbons (Fsp3) is 0.304. The van der Waals surface area contributed by atoms with E-state index in [9.17, 15) is 24.3 Å². The van der Waals surface area contributed by atoms with Gasteiger partial charge in [0, 0.05) is 12.2 Å². The molecule has 3 rings (SSSR count). The maximum atomic E-state index is 13.2. The normalized spacial score (nSPS) is 16.9. The van der Waals surface area contributed by atoms with Gasteiger partial charge in [-0.05, 0) is 36.2 Å². The van der Waals surface area contributed by atoms with Crippen LogP contribution in [0.3, 0.4) is 0 Å². The number of nitrogens with two attached hydrogens (primary N) is 1. The number of carbonyl (C=O) groups excluding carboxylic acids is 3. The second-order valence-electron chi connectivity index (χ2n) is 7.55. The fourth-order valence-corrected chi connectivity index (χ4v) is 4.65. The zero-order valence-electron chi connectivity index (χ0n) is 18.7. The lowest BCUT2D eigenvalue weighted by Crippen LogP contribution is -2.49. The molecule has 0 aliphatic carbocycles. The van der Waals surface area contributed by atoms with Crippen LogP contribution in [0.4, 0.5) is 10.5 Å². The number of carboxylic acids is 1. The Balaban J connectivity index is 1.79. The van der Waals surface area contributed by atoms with Gasteiger partial charge in [-0.15, -0.1) is 11.8 Å². The molecule has 0 radical (unpaired) electrons. The highest BCUT2D eigenvalue weighted by molar-refractivity contribution is 8.00. The van der Waals surface area contributed by atoms with Crippen LogP contribution in [0.5, 0.6) is 5.75 Å². The molecule has 2 atom stereocenters. The van der Waals surface area contributed by atoms with Crippen LogP contribution in [0.25, 0.3) is 0 Å². The number of carboxylic acid groups (broad SMARTS) is 1. The Kier molecular flexibility index (Phi) is 8.00. The standard InChI is InChI=1S/C23H26N4O6S/c1-3-16(13-8-9-14(22(30)31)15(24)10-13)26-23(32)27-12-20(28)25-11-19(21(27)29)34-18-7-5-4-6-17(18)33-2/h4-10,16,19H,3,11-12,24H2,1-2H3,(H,25,28)(H,26,32)(H,30,31). The maximum absolute atomic E-state index is 13.2. The number of para-hydroxylation sites is 1. The first-order chi connectivity index (χ1) is 16.2. The number of imide groups is 1. The van der Waals surface area contributed by atoms with Gasteiger partial charge in [-0.25, -0.2) is 9.59 Å². The molecule has 1 saturated heterocycles. The van der Waals surface area contributed by atoms with Crippen molar-refractivity contribution in [1.82, 2.24) is 15.5 Å². The molecule has 5 N–H and O–H groups in total. The molecule has 0 bridgehead atoms. The summed E-state index contributed by atoms with van der Waals surface area (Å²) in [4.78, 5) is 51.4. The minimum atomic E-state index is -1.15. The lowest BCUT2D eigenvalue weighted by atomic mass is 10.0. The maximum Gasteiger partial charge on any atom is 0.337 e. The highest BCUT2D eigenvalue weighted by Gasteiger charge is 2.35. The molecule has 1 heterocycles. The molecule has 4 amide bonds. The molecule has 2 aromatic carbocycles. The monoisotopic (exact) mass is 486 g/mol. The van der Waals surface area contributed by atoms with Crippen molar-refractivity contribution in [3.05, 3.63) is 53.6 Å². The Labute approximate surface area is 200 Å². The zero-order valence-corrected chi connectivity index (χ0v) is 19.6. The van der Waals surface area contributed by atoms with Crippen molar-refractivity contribution in [2.45, 2.75) is 29.5 Å². The third kappa shape index (κ3) is 5.60. The van der Waals surface area contributed by atoms with Crippen LogP contribution in [-0.2, 0) is 9.59 Å². The second kappa shape index (κ2) is 10.9. The van der Waals surface area contributed by atoms with Gasteiger partial charge in [0.1, 0.15) is 17.5 Å². The number of thioether (sulfide) groups is 1. The van der Waals surface area contributed by atoms with E-state index in [1.54, 1.807) is 24.3 Å². The number of carbonyl (C=O) groups is 4. The van der Waals surface area contributed by atoms with Crippen molar-refractivity contribution in [2.75, 3.05) is 25.9 Å². The number of hydrogen-bond donors (Lipinski definition) is 4. The first-order valence-corrected chi connectivity index (χ1v) is 11.4. The predicted octanol–water partition coefficient (Wildman–Crippen LogP) is 2.26. The van der Waals surface area contributed by atoms with Crippen molar-refractivity contribution >= 4 is 41.3 Å². The predicted molar refractivity (Wildman–Crippen MR) is 127 cm³/mol. The van der Waals surface area contributed by atoms with Gasteiger partial charge in [0.25, 0.3) is 0 Å². The summed E-state index contributed by atoms with van der Waals surface area (Å²) in [6.07, 6.45) is 0.450. The summed E-state index contributed by atoms with van der Waals surface area (Å²) in [6, 6.07) is 10.3. The number of urea groups is 1. The highest BCUT2D eigenvalue weighted by atomic mass is 32.2. The molecular formula is C23H26N4O6S. The molecule has 2 aromatic rings. The number of ether oxygens (including phenoxy) is 1. The van der Waals surface area contributed by atoms with Gasteiger partial charge in [-0.1, -0.05) is 25.1 Å². The number of methoxy groups -OCH3 is 1. The minimum Gasteiger partial charge on any atom is -0.496 e. The Morgan fingerprint density at radius 2 is 2.03 bits per heavy atom. The lowest BCUT2D eigenvalue weighted by molar-refractivity contribution is -0.130. The molecule has 1 fully saturated rings. The minimum absolute atomic E-state index is 0.0412. The van der Waals surface area contributed by atoms with Crippen LogP contribution in [0.1, 0.15) is 35.3 Å². The molecule has 0 aromatic heterocycles. The molecule has 2 unspecified atom stereocenters. The van der Waals surface area contributed by atoms with Gasteiger partial charge in [-0.2, -0.15) is 0 Å². The van der Waals surface area contributed by atoms with Crippen molar-refractivity contribution < 1.29 is 29.0 Å². The quantitative estimate of drug-likeness (QED) is 0.435. The Morgan fingerprint density at radius 3 is 2.68 bits per heavy atom. The Hall–Kier alpha value is -3.73. The van der Waals surface area contributed by atoms with Crippen LogP contribution in [0.15, 0.2) is 47.4 Å². The molecule has 0 spiro atoms. The van der Waals surface area contributed by atoms with E-state index < -0.39 is 41.7 Å². The lowest BCUT2D eigenvalue weighted by Gasteiger charge is -2.25. The van der Waals surface area contributed by atoms with E-state index in [0.717, 1.165) is 4.90 Å². The van der Waals surface area contributed by atoms with E-state index in [4.69, 9.17) is 10.5 Å². The molecular weight excluding hydrogens is 460 g/mol. The van der Waals surface area contributed by atoms with Gasteiger partial charge >= 0.3 is 12.0 Å². The van der Waals surface area contributed by atoms with Crippen molar-refractivity contribution in [3.63, 3.8) is 0 Å². The average molecular weight is 487 g/mol. The molecule has 1 aliphatic heterocycles. The number of hydrogen-bond acceptors (Lipinski definition) is 7. The number of anilines is 1. The Morgan fingerprint density at radius 1 is 1.29 bits per heavy atom. The first kappa shape index (κ1) is 24.9. The third-order valence-electron chi connectivity index (χ3n) is 5.33. The number of nitrogens with one attached hydrogen (secondary N) is 2. The van der Waals surface area contributed by atoms with E-state index in [2.05, 4.69) is 10.6 Å². The summed E-state index contributed by atoms with van der Waals surface area (Å²) in [5, 5.41) is 13.9. The first-order valence-electron chi connectivity index (χ1n) is 10.6. The molecule has 10 nitrogen and oxygen atoms in total. The van der Waals surface area contributed by atoms with Gasteiger partial charge in [0.2, 0.25) is 11.8 Å². The van der Waals surface area contributed by atoms with Crippen LogP contribution < -0.4 is 21.1 Å². The van der Waals surface area contributed by atoms with E-state index in [1.807, 2.05) is 13.0 Å². The fourth-order valence-electron chi connectivity index (χ4n) is 3.52. The molecule has 34 heavy (non-hydrogen) atoms. The summed E-state index contributed by atoms with van der Waals surface area (Å²) >= 11 is 1.20. The summed E-state index contributed by atoms with van der Waals surface area (Å²) in [5.74, 6) is -1.53. The number of nitrogen functional groups attached to an aromatic ring is 1. The largest absolute Gasteiger partial charge is 0.496 e. The van der Waals surface area contributed by atoms with E-state index >= 15 is 0 Å². The smallest absolute Gasteiger partial charge is 0.337 e. The summed E-state index contributed by atoms with van der Waals surface area (Å²) < 4.78 is 5.34. The van der Waals surface area contributed by atoms with Crippen LogP contribution in [-0.4, -0.2) is 59.3 Å². The second-order valence-corrected chi connectivity index (χ2v) is 8.79. The van der Waals surface area contributed by atoms with E-state index in [1.165, 1.54) is 31.0 Å². The van der Waals surface area contributed by atoms with Crippen molar-refractivity contribution in [1.29, 1.82) is 0 Å².